The van der Waals surface area contributed by atoms with E-state index in [-0.39, 0.29) is 5.92 Å². The van der Waals surface area contributed by atoms with Crippen molar-refractivity contribution in [1.29, 1.82) is 0 Å². The highest BCUT2D eigenvalue weighted by Gasteiger charge is 2.39. The first-order chi connectivity index (χ1) is 5.71. The maximum atomic E-state index is 6.06. The van der Waals surface area contributed by atoms with Crippen molar-refractivity contribution in [3.63, 3.8) is 0 Å². The van der Waals surface area contributed by atoms with Gasteiger partial charge in [0.05, 0.1) is 13.2 Å². The van der Waals surface area contributed by atoms with Crippen molar-refractivity contribution in [3.05, 3.63) is 12.3 Å². The molecule has 0 amide bonds. The second kappa shape index (κ2) is 2.70. The molecule has 0 spiro atoms. The number of hydrogen-bond acceptors (Lipinski definition) is 5. The summed E-state index contributed by atoms with van der Waals surface area (Å²) in [5.74, 6) is 0.179. The van der Waals surface area contributed by atoms with E-state index < -0.39 is 5.66 Å². The Morgan fingerprint density at radius 1 is 1.58 bits per heavy atom. The van der Waals surface area contributed by atoms with Crippen LogP contribution >= 0.6 is 0 Å². The van der Waals surface area contributed by atoms with Gasteiger partial charge in [-0.15, -0.1) is 0 Å². The van der Waals surface area contributed by atoms with Crippen molar-refractivity contribution in [1.82, 2.24) is 10.4 Å². The van der Waals surface area contributed by atoms with E-state index in [9.17, 15) is 0 Å². The molecule has 0 bridgehead atoms. The number of hydrazine groups is 1. The van der Waals surface area contributed by atoms with Crippen LogP contribution in [-0.4, -0.2) is 30.9 Å². The minimum atomic E-state index is -0.509. The fourth-order valence-corrected chi connectivity index (χ4v) is 1.43. The molecule has 2 aliphatic heterocycles. The minimum absolute atomic E-state index is 0.179. The Morgan fingerprint density at radius 3 is 2.75 bits per heavy atom. The standard InChI is InChI=1S/C7H13N3O2/c1-10-3-2-7(8,9-10)6-4-11-12-5-6/h2-3,6,9H,4-5,8H2,1H3. The SMILES string of the molecule is CN1C=CC(N)(C2COOC2)N1. The second-order valence-corrected chi connectivity index (χ2v) is 3.24. The van der Waals surface area contributed by atoms with Crippen molar-refractivity contribution in [2.45, 2.75) is 5.66 Å². The lowest BCUT2D eigenvalue weighted by Gasteiger charge is -2.29. The lowest BCUT2D eigenvalue weighted by Crippen LogP contribution is -2.58. The molecule has 0 aliphatic carbocycles. The van der Waals surface area contributed by atoms with Gasteiger partial charge in [-0.3, -0.25) is 0 Å². The summed E-state index contributed by atoms with van der Waals surface area (Å²) in [6, 6.07) is 0. The van der Waals surface area contributed by atoms with E-state index in [4.69, 9.17) is 15.5 Å². The zero-order valence-corrected chi connectivity index (χ0v) is 6.99. The summed E-state index contributed by atoms with van der Waals surface area (Å²) in [6.07, 6.45) is 3.83. The molecule has 0 saturated carbocycles. The average molecular weight is 171 g/mol. The van der Waals surface area contributed by atoms with Crippen molar-refractivity contribution in [2.75, 3.05) is 20.3 Å². The summed E-state index contributed by atoms with van der Waals surface area (Å²) >= 11 is 0. The number of nitrogens with two attached hydrogens (primary N) is 1. The van der Waals surface area contributed by atoms with Crippen LogP contribution in [0.15, 0.2) is 12.3 Å². The van der Waals surface area contributed by atoms with Gasteiger partial charge in [0.1, 0.15) is 5.66 Å². The Bertz CT molecular complexity index is 203. The van der Waals surface area contributed by atoms with Crippen molar-refractivity contribution in [2.24, 2.45) is 11.7 Å². The van der Waals surface area contributed by atoms with Crippen LogP contribution in [0.5, 0.6) is 0 Å². The lowest BCUT2D eigenvalue weighted by atomic mass is 9.96. The Hall–Kier alpha value is -0.620. The molecule has 1 atom stereocenters. The Kier molecular flexibility index (Phi) is 1.80. The molecular weight excluding hydrogens is 158 g/mol. The molecule has 12 heavy (non-hydrogen) atoms. The number of rotatable bonds is 1. The second-order valence-electron chi connectivity index (χ2n) is 3.24. The zero-order valence-electron chi connectivity index (χ0n) is 6.99. The highest BCUT2D eigenvalue weighted by molar-refractivity contribution is 5.10. The topological polar surface area (TPSA) is 59.8 Å². The maximum Gasteiger partial charge on any atom is 0.112 e. The van der Waals surface area contributed by atoms with E-state index in [1.165, 1.54) is 0 Å². The smallest absolute Gasteiger partial charge is 0.112 e. The molecule has 0 aromatic carbocycles. The summed E-state index contributed by atoms with van der Waals surface area (Å²) < 4.78 is 0. The molecule has 2 rings (SSSR count). The van der Waals surface area contributed by atoms with Crippen LogP contribution in [0.25, 0.3) is 0 Å². The predicted molar refractivity (Wildman–Crippen MR) is 42.4 cm³/mol. The Labute approximate surface area is 71.0 Å². The highest BCUT2D eigenvalue weighted by Crippen LogP contribution is 2.23. The van der Waals surface area contributed by atoms with Crippen molar-refractivity contribution in [3.8, 4) is 0 Å². The molecule has 0 radical (unpaired) electrons. The molecule has 0 aromatic rings. The van der Waals surface area contributed by atoms with Gasteiger partial charge in [-0.05, 0) is 6.08 Å². The quantitative estimate of drug-likeness (QED) is 0.505. The van der Waals surface area contributed by atoms with Crippen molar-refractivity contribution >= 4 is 0 Å². The van der Waals surface area contributed by atoms with Gasteiger partial charge >= 0.3 is 0 Å². The van der Waals surface area contributed by atoms with Crippen LogP contribution in [-0.2, 0) is 9.78 Å². The van der Waals surface area contributed by atoms with E-state index >= 15 is 0 Å². The predicted octanol–water partition coefficient (Wildman–Crippen LogP) is -0.817. The van der Waals surface area contributed by atoms with E-state index in [0.29, 0.717) is 13.2 Å². The van der Waals surface area contributed by atoms with E-state index in [2.05, 4.69) is 5.43 Å². The van der Waals surface area contributed by atoms with Crippen LogP contribution in [0.1, 0.15) is 0 Å². The normalized spacial score (nSPS) is 36.7. The fraction of sp³-hybridized carbons (Fsp3) is 0.714. The van der Waals surface area contributed by atoms with Gasteiger partial charge in [-0.25, -0.2) is 15.2 Å². The Morgan fingerprint density at radius 2 is 2.25 bits per heavy atom. The molecule has 3 N–H and O–H groups in total. The summed E-state index contributed by atoms with van der Waals surface area (Å²) in [4.78, 5) is 9.60. The zero-order chi connectivity index (χ0) is 8.60. The number of nitrogens with one attached hydrogen (secondary N) is 1. The molecule has 0 aromatic heterocycles. The average Bonchev–Trinajstić information content (AvgIpc) is 2.59. The molecule has 1 unspecified atom stereocenters. The first kappa shape index (κ1) is 8.00. The van der Waals surface area contributed by atoms with Gasteiger partial charge in [0, 0.05) is 19.2 Å². The van der Waals surface area contributed by atoms with E-state index in [1.54, 1.807) is 0 Å². The monoisotopic (exact) mass is 171 g/mol. The summed E-state index contributed by atoms with van der Waals surface area (Å²) in [5, 5.41) is 1.83. The lowest BCUT2D eigenvalue weighted by molar-refractivity contribution is -0.248. The van der Waals surface area contributed by atoms with Gasteiger partial charge in [0.2, 0.25) is 0 Å². The highest BCUT2D eigenvalue weighted by atomic mass is 17.2. The van der Waals surface area contributed by atoms with Gasteiger partial charge < -0.3 is 10.7 Å². The molecule has 1 saturated heterocycles. The molecule has 2 heterocycles. The largest absolute Gasteiger partial charge is 0.317 e. The van der Waals surface area contributed by atoms with E-state index in [1.807, 2.05) is 24.3 Å². The van der Waals surface area contributed by atoms with Gasteiger partial charge in [-0.2, -0.15) is 0 Å². The van der Waals surface area contributed by atoms with Gasteiger partial charge in [0.25, 0.3) is 0 Å². The van der Waals surface area contributed by atoms with Crippen LogP contribution in [0, 0.1) is 5.92 Å². The first-order valence-corrected chi connectivity index (χ1v) is 3.94. The van der Waals surface area contributed by atoms with Gasteiger partial charge in [-0.1, -0.05) is 0 Å². The summed E-state index contributed by atoms with van der Waals surface area (Å²) in [6.45, 7) is 1.09. The molecule has 2 aliphatic rings. The summed E-state index contributed by atoms with van der Waals surface area (Å²) in [5.41, 5.74) is 8.66. The number of hydrogen-bond donors (Lipinski definition) is 2. The van der Waals surface area contributed by atoms with E-state index in [0.717, 1.165) is 0 Å². The Balaban J connectivity index is 2.06. The first-order valence-electron chi connectivity index (χ1n) is 3.94. The molecule has 5 nitrogen and oxygen atoms in total. The minimum Gasteiger partial charge on any atom is -0.317 e. The fourth-order valence-electron chi connectivity index (χ4n) is 1.43. The summed E-state index contributed by atoms with van der Waals surface area (Å²) in [7, 11) is 1.90. The molecule has 5 heteroatoms. The molecular formula is C7H13N3O2. The third kappa shape index (κ3) is 1.21. The van der Waals surface area contributed by atoms with Crippen LogP contribution in [0.2, 0.25) is 0 Å². The molecule has 68 valence electrons. The maximum absolute atomic E-state index is 6.06. The van der Waals surface area contributed by atoms with Crippen LogP contribution < -0.4 is 11.2 Å². The third-order valence-electron chi connectivity index (χ3n) is 2.24. The van der Waals surface area contributed by atoms with Crippen LogP contribution in [0.4, 0.5) is 0 Å². The third-order valence-corrected chi connectivity index (χ3v) is 2.24. The number of nitrogens with zero attached hydrogens (tertiary/aromatic N) is 1. The van der Waals surface area contributed by atoms with Crippen LogP contribution in [0.3, 0.4) is 0 Å². The van der Waals surface area contributed by atoms with Gasteiger partial charge in [0.15, 0.2) is 0 Å². The van der Waals surface area contributed by atoms with Crippen molar-refractivity contribution < 1.29 is 9.78 Å². The molecule has 1 fully saturated rings.